The lowest BCUT2D eigenvalue weighted by Crippen LogP contribution is -2.37. The number of para-hydroxylation sites is 1. The maximum absolute atomic E-state index is 12.6. The first-order valence-corrected chi connectivity index (χ1v) is 8.91. The van der Waals surface area contributed by atoms with Crippen LogP contribution in [0.25, 0.3) is 0 Å². The van der Waals surface area contributed by atoms with Crippen LogP contribution in [-0.2, 0) is 15.0 Å². The number of benzene rings is 2. The summed E-state index contributed by atoms with van der Waals surface area (Å²) in [4.78, 5) is 26.2. The number of nitrogens with zero attached hydrogens (tertiary/aromatic N) is 1. The van der Waals surface area contributed by atoms with Gasteiger partial charge >= 0.3 is 0 Å². The van der Waals surface area contributed by atoms with Gasteiger partial charge in [-0.2, -0.15) is 0 Å². The van der Waals surface area contributed by atoms with Gasteiger partial charge in [0.1, 0.15) is 6.54 Å². The molecule has 0 aliphatic heterocycles. The van der Waals surface area contributed by atoms with Crippen LogP contribution in [-0.4, -0.2) is 18.4 Å². The number of amides is 2. The molecule has 0 heterocycles. The van der Waals surface area contributed by atoms with E-state index >= 15 is 0 Å². The van der Waals surface area contributed by atoms with E-state index in [1.807, 2.05) is 31.2 Å². The Hall–Kier alpha value is -2.33. The van der Waals surface area contributed by atoms with Gasteiger partial charge in [-0.15, -0.1) is 0 Å². The van der Waals surface area contributed by atoms with Crippen LogP contribution < -0.4 is 10.2 Å². The fourth-order valence-electron chi connectivity index (χ4n) is 2.83. The van der Waals surface area contributed by atoms with Gasteiger partial charge in [-0.25, -0.2) is 0 Å². The van der Waals surface area contributed by atoms with E-state index in [1.165, 1.54) is 11.8 Å². The Labute approximate surface area is 160 Å². The van der Waals surface area contributed by atoms with Crippen molar-refractivity contribution in [2.75, 3.05) is 16.8 Å². The van der Waals surface area contributed by atoms with Gasteiger partial charge in [-0.1, -0.05) is 56.6 Å². The maximum Gasteiger partial charge on any atom is 0.244 e. The third-order valence-corrected chi connectivity index (χ3v) is 4.63. The van der Waals surface area contributed by atoms with Crippen molar-refractivity contribution in [3.63, 3.8) is 0 Å². The predicted octanol–water partition coefficient (Wildman–Crippen LogP) is 4.94. The topological polar surface area (TPSA) is 49.4 Å². The van der Waals surface area contributed by atoms with Crippen molar-refractivity contribution in [1.29, 1.82) is 0 Å². The largest absolute Gasteiger partial charge is 0.324 e. The van der Waals surface area contributed by atoms with Gasteiger partial charge in [0.25, 0.3) is 0 Å². The summed E-state index contributed by atoms with van der Waals surface area (Å²) in [7, 11) is 0. The SMILES string of the molecule is CC(=O)N(CC(=O)Nc1ccccc1C(C)(C)C)c1cccc(Cl)c1C. The zero-order valence-electron chi connectivity index (χ0n) is 15.9. The molecule has 5 heteroatoms. The van der Waals surface area contributed by atoms with Crippen molar-refractivity contribution in [1.82, 2.24) is 0 Å². The summed E-state index contributed by atoms with van der Waals surface area (Å²) in [6.45, 7) is 9.48. The van der Waals surface area contributed by atoms with Crippen LogP contribution in [0, 0.1) is 6.92 Å². The Morgan fingerprint density at radius 3 is 2.35 bits per heavy atom. The first-order valence-electron chi connectivity index (χ1n) is 8.54. The fraction of sp³-hybridized carbons (Fsp3) is 0.333. The quantitative estimate of drug-likeness (QED) is 0.826. The molecular weight excluding hydrogens is 348 g/mol. The van der Waals surface area contributed by atoms with Crippen LogP contribution >= 0.6 is 11.6 Å². The Bertz CT molecular complexity index is 825. The van der Waals surface area contributed by atoms with Crippen molar-refractivity contribution >= 4 is 34.8 Å². The number of nitrogens with one attached hydrogen (secondary N) is 1. The van der Waals surface area contributed by atoms with Crippen molar-refractivity contribution in [3.05, 3.63) is 58.6 Å². The molecule has 0 bridgehead atoms. The van der Waals surface area contributed by atoms with Crippen LogP contribution in [0.2, 0.25) is 5.02 Å². The van der Waals surface area contributed by atoms with Gasteiger partial charge in [0.15, 0.2) is 0 Å². The number of halogens is 1. The molecule has 0 saturated carbocycles. The van der Waals surface area contributed by atoms with E-state index in [4.69, 9.17) is 11.6 Å². The molecule has 0 unspecified atom stereocenters. The lowest BCUT2D eigenvalue weighted by molar-refractivity contribution is -0.120. The first-order chi connectivity index (χ1) is 12.1. The fourth-order valence-corrected chi connectivity index (χ4v) is 3.00. The lowest BCUT2D eigenvalue weighted by atomic mass is 9.86. The minimum Gasteiger partial charge on any atom is -0.324 e. The molecule has 0 fully saturated rings. The minimum absolute atomic E-state index is 0.0744. The number of hydrogen-bond acceptors (Lipinski definition) is 2. The number of carbonyl (C=O) groups excluding carboxylic acids is 2. The molecule has 2 aromatic rings. The molecule has 0 radical (unpaired) electrons. The molecule has 0 aromatic heterocycles. The molecule has 26 heavy (non-hydrogen) atoms. The summed E-state index contributed by atoms with van der Waals surface area (Å²) >= 11 is 6.16. The minimum atomic E-state index is -0.253. The molecule has 2 rings (SSSR count). The third kappa shape index (κ3) is 4.64. The van der Waals surface area contributed by atoms with Crippen LogP contribution in [0.15, 0.2) is 42.5 Å². The molecule has 4 nitrogen and oxygen atoms in total. The summed E-state index contributed by atoms with van der Waals surface area (Å²) in [5.74, 6) is -0.467. The maximum atomic E-state index is 12.6. The Balaban J connectivity index is 2.25. The van der Waals surface area contributed by atoms with Crippen molar-refractivity contribution in [3.8, 4) is 0 Å². The number of rotatable bonds is 4. The zero-order chi connectivity index (χ0) is 19.5. The van der Waals surface area contributed by atoms with E-state index in [2.05, 4.69) is 26.1 Å². The molecule has 1 N–H and O–H groups in total. The Morgan fingerprint density at radius 1 is 1.08 bits per heavy atom. The Kier molecular flexibility index (Phi) is 6.09. The van der Waals surface area contributed by atoms with Crippen molar-refractivity contribution < 1.29 is 9.59 Å². The van der Waals surface area contributed by atoms with E-state index in [0.29, 0.717) is 10.7 Å². The Morgan fingerprint density at radius 2 is 1.73 bits per heavy atom. The summed E-state index contributed by atoms with van der Waals surface area (Å²) in [5, 5.41) is 3.50. The summed E-state index contributed by atoms with van der Waals surface area (Å²) in [6, 6.07) is 13.0. The molecule has 0 aliphatic rings. The normalized spacial score (nSPS) is 11.2. The average molecular weight is 373 g/mol. The highest BCUT2D eigenvalue weighted by Gasteiger charge is 2.21. The van der Waals surface area contributed by atoms with Crippen LogP contribution in [0.3, 0.4) is 0 Å². The van der Waals surface area contributed by atoms with Crippen molar-refractivity contribution in [2.24, 2.45) is 0 Å². The second-order valence-electron chi connectivity index (χ2n) is 7.33. The summed E-state index contributed by atoms with van der Waals surface area (Å²) in [5.41, 5.74) is 3.11. The molecular formula is C21H25ClN2O2. The molecule has 2 aromatic carbocycles. The van der Waals surface area contributed by atoms with Gasteiger partial charge in [-0.3, -0.25) is 9.59 Å². The van der Waals surface area contributed by atoms with E-state index in [-0.39, 0.29) is 23.8 Å². The highest BCUT2D eigenvalue weighted by molar-refractivity contribution is 6.31. The first kappa shape index (κ1) is 20.0. The smallest absolute Gasteiger partial charge is 0.244 e. The highest BCUT2D eigenvalue weighted by Crippen LogP contribution is 2.30. The van der Waals surface area contributed by atoms with Gasteiger partial charge in [0, 0.05) is 23.3 Å². The molecule has 0 aliphatic carbocycles. The van der Waals surface area contributed by atoms with Gasteiger partial charge in [0.2, 0.25) is 11.8 Å². The number of anilines is 2. The molecule has 0 spiro atoms. The average Bonchev–Trinajstić information content (AvgIpc) is 2.55. The molecule has 0 atom stereocenters. The van der Waals surface area contributed by atoms with Gasteiger partial charge < -0.3 is 10.2 Å². The molecule has 2 amide bonds. The van der Waals surface area contributed by atoms with Gasteiger partial charge in [0.05, 0.1) is 0 Å². The van der Waals surface area contributed by atoms with E-state index < -0.39 is 0 Å². The second kappa shape index (κ2) is 7.92. The van der Waals surface area contributed by atoms with Crippen LogP contribution in [0.4, 0.5) is 11.4 Å². The standard InChI is InChI=1S/C21H25ClN2O2/c1-14-17(22)10-8-12-19(14)24(15(2)25)13-20(26)23-18-11-7-6-9-16(18)21(3,4)5/h6-12H,13H2,1-5H3,(H,23,26). The lowest BCUT2D eigenvalue weighted by Gasteiger charge is -2.25. The number of carbonyl (C=O) groups is 2. The molecule has 138 valence electrons. The van der Waals surface area contributed by atoms with Crippen molar-refractivity contribution in [2.45, 2.75) is 40.0 Å². The second-order valence-corrected chi connectivity index (χ2v) is 7.74. The van der Waals surface area contributed by atoms with Crippen LogP contribution in [0.1, 0.15) is 38.8 Å². The molecule has 0 saturated heterocycles. The third-order valence-electron chi connectivity index (χ3n) is 4.22. The zero-order valence-corrected chi connectivity index (χ0v) is 16.6. The van der Waals surface area contributed by atoms with E-state index in [1.54, 1.807) is 18.2 Å². The van der Waals surface area contributed by atoms with E-state index in [9.17, 15) is 9.59 Å². The predicted molar refractivity (Wildman–Crippen MR) is 108 cm³/mol. The van der Waals surface area contributed by atoms with Crippen LogP contribution in [0.5, 0.6) is 0 Å². The monoisotopic (exact) mass is 372 g/mol. The highest BCUT2D eigenvalue weighted by atomic mass is 35.5. The number of hydrogen-bond donors (Lipinski definition) is 1. The van der Waals surface area contributed by atoms with Gasteiger partial charge in [-0.05, 0) is 41.7 Å². The summed E-state index contributed by atoms with van der Waals surface area (Å²) in [6.07, 6.45) is 0. The summed E-state index contributed by atoms with van der Waals surface area (Å²) < 4.78 is 0. The van der Waals surface area contributed by atoms with E-state index in [0.717, 1.165) is 16.8 Å².